The highest BCUT2D eigenvalue weighted by atomic mass is 32.2. The summed E-state index contributed by atoms with van der Waals surface area (Å²) in [5.74, 6) is 1.97. The van der Waals surface area contributed by atoms with Gasteiger partial charge < -0.3 is 4.90 Å². The van der Waals surface area contributed by atoms with Crippen molar-refractivity contribution in [3.8, 4) is 0 Å². The molecule has 2 atom stereocenters. The Kier molecular flexibility index (Phi) is 4.62. The van der Waals surface area contributed by atoms with Gasteiger partial charge in [-0.1, -0.05) is 19.8 Å². The summed E-state index contributed by atoms with van der Waals surface area (Å²) in [6, 6.07) is 2.15. The van der Waals surface area contributed by atoms with Crippen LogP contribution in [0.3, 0.4) is 0 Å². The topological polar surface area (TPSA) is 32.3 Å². The van der Waals surface area contributed by atoms with Crippen LogP contribution in [0.2, 0.25) is 0 Å². The quantitative estimate of drug-likeness (QED) is 0.900. The molecule has 2 heterocycles. The second kappa shape index (κ2) is 6.31. The molecule has 2 unspecified atom stereocenters. The molecule has 1 saturated heterocycles. The molecule has 116 valence electrons. The Morgan fingerprint density at radius 3 is 2.90 bits per heavy atom. The van der Waals surface area contributed by atoms with Gasteiger partial charge in [-0.2, -0.15) is 23.1 Å². The Hall–Kier alpha value is -0.520. The van der Waals surface area contributed by atoms with Gasteiger partial charge in [0.1, 0.15) is 6.17 Å². The minimum atomic E-state index is -0.272. The van der Waals surface area contributed by atoms with Gasteiger partial charge in [-0.15, -0.1) is 0 Å². The zero-order chi connectivity index (χ0) is 14.9. The smallest absolute Gasteiger partial charge is 0.244 e. The van der Waals surface area contributed by atoms with E-state index in [9.17, 15) is 4.79 Å². The second-order valence-electron chi connectivity index (χ2n) is 6.41. The summed E-state index contributed by atoms with van der Waals surface area (Å²) < 4.78 is 0. The first kappa shape index (κ1) is 15.4. The molecule has 0 radical (unpaired) electrons. The van der Waals surface area contributed by atoms with Crippen molar-refractivity contribution in [1.29, 1.82) is 0 Å². The highest BCUT2D eigenvalue weighted by Gasteiger charge is 2.52. The fraction of sp³-hybridized carbons (Fsp3) is 0.688. The van der Waals surface area contributed by atoms with E-state index in [1.165, 1.54) is 18.4 Å². The number of hydrogen-bond donors (Lipinski definition) is 1. The molecule has 3 nitrogen and oxygen atoms in total. The van der Waals surface area contributed by atoms with Crippen molar-refractivity contribution in [2.75, 3.05) is 18.6 Å². The predicted molar refractivity (Wildman–Crippen MR) is 90.7 cm³/mol. The van der Waals surface area contributed by atoms with Gasteiger partial charge >= 0.3 is 0 Å². The lowest BCUT2D eigenvalue weighted by molar-refractivity contribution is -0.133. The third-order valence-corrected chi connectivity index (χ3v) is 6.27. The molecule has 0 aromatic carbocycles. The number of nitrogens with one attached hydrogen (secondary N) is 1. The molecule has 1 N–H and O–H groups in total. The van der Waals surface area contributed by atoms with Crippen LogP contribution in [0.25, 0.3) is 0 Å². The predicted octanol–water partition coefficient (Wildman–Crippen LogP) is 3.49. The van der Waals surface area contributed by atoms with Gasteiger partial charge in [0.25, 0.3) is 0 Å². The maximum atomic E-state index is 13.0. The van der Waals surface area contributed by atoms with Crippen molar-refractivity contribution in [2.45, 2.75) is 44.3 Å². The van der Waals surface area contributed by atoms with E-state index in [1.54, 1.807) is 11.3 Å². The van der Waals surface area contributed by atoms with Gasteiger partial charge in [-0.3, -0.25) is 10.1 Å². The first-order chi connectivity index (χ1) is 10.2. The van der Waals surface area contributed by atoms with E-state index >= 15 is 0 Å². The molecule has 21 heavy (non-hydrogen) atoms. The van der Waals surface area contributed by atoms with Crippen molar-refractivity contribution >= 4 is 29.0 Å². The van der Waals surface area contributed by atoms with Crippen LogP contribution in [0, 0.1) is 5.92 Å². The summed E-state index contributed by atoms with van der Waals surface area (Å²) in [6.45, 7) is 3.10. The monoisotopic (exact) mass is 324 g/mol. The van der Waals surface area contributed by atoms with Gasteiger partial charge in [0, 0.05) is 6.54 Å². The second-order valence-corrected chi connectivity index (χ2v) is 8.10. The third kappa shape index (κ3) is 2.88. The molecule has 2 aliphatic rings. The molecule has 2 fully saturated rings. The molecule has 1 aromatic rings. The lowest BCUT2D eigenvalue weighted by atomic mass is 9.98. The molecule has 1 aromatic heterocycles. The highest BCUT2D eigenvalue weighted by molar-refractivity contribution is 7.98. The number of thiophene rings is 1. The van der Waals surface area contributed by atoms with Crippen LogP contribution in [-0.2, 0) is 4.79 Å². The minimum absolute atomic E-state index is 0.0751. The molecule has 1 spiro atoms. The van der Waals surface area contributed by atoms with Crippen LogP contribution in [0.1, 0.15) is 44.3 Å². The molecular formula is C16H24N2OS2. The van der Waals surface area contributed by atoms with Crippen LogP contribution in [0.4, 0.5) is 0 Å². The number of carbonyl (C=O) groups excluding carboxylic acids is 1. The number of rotatable bonds is 5. The lowest BCUT2D eigenvalue weighted by Crippen LogP contribution is -2.44. The van der Waals surface area contributed by atoms with Crippen molar-refractivity contribution in [3.63, 3.8) is 0 Å². The van der Waals surface area contributed by atoms with E-state index in [0.717, 1.165) is 25.1 Å². The van der Waals surface area contributed by atoms with Crippen LogP contribution in [-0.4, -0.2) is 34.9 Å². The molecule has 0 bridgehead atoms. The van der Waals surface area contributed by atoms with E-state index < -0.39 is 0 Å². The van der Waals surface area contributed by atoms with E-state index in [0.29, 0.717) is 11.8 Å². The number of hydrogen-bond acceptors (Lipinski definition) is 4. The Bertz CT molecular complexity index is 482. The zero-order valence-corrected chi connectivity index (χ0v) is 14.4. The maximum absolute atomic E-state index is 13.0. The number of nitrogens with zero attached hydrogens (tertiary/aromatic N) is 1. The molecule has 5 heteroatoms. The molecule has 1 aliphatic heterocycles. The molecule has 3 rings (SSSR count). The zero-order valence-electron chi connectivity index (χ0n) is 12.8. The first-order valence-corrected chi connectivity index (χ1v) is 10.1. The third-order valence-electron chi connectivity index (χ3n) is 4.67. The Labute approximate surface area is 135 Å². The lowest BCUT2D eigenvalue weighted by Gasteiger charge is -2.26. The fourth-order valence-corrected chi connectivity index (χ4v) is 5.04. The average Bonchev–Trinajstić information content (AvgIpc) is 3.17. The summed E-state index contributed by atoms with van der Waals surface area (Å²) >= 11 is 3.57. The van der Waals surface area contributed by atoms with Crippen molar-refractivity contribution < 1.29 is 4.79 Å². The fourth-order valence-electron chi connectivity index (χ4n) is 3.69. The summed E-state index contributed by atoms with van der Waals surface area (Å²) in [5, 5.41) is 7.97. The van der Waals surface area contributed by atoms with Crippen molar-refractivity contribution in [3.05, 3.63) is 22.4 Å². The van der Waals surface area contributed by atoms with E-state index in [4.69, 9.17) is 0 Å². The van der Waals surface area contributed by atoms with Crippen molar-refractivity contribution in [1.82, 2.24) is 10.2 Å². The van der Waals surface area contributed by atoms with Crippen LogP contribution in [0.15, 0.2) is 16.8 Å². The molecule has 1 saturated carbocycles. The Morgan fingerprint density at radius 1 is 1.52 bits per heavy atom. The number of thioether (sulfide) groups is 1. The number of amides is 1. The van der Waals surface area contributed by atoms with E-state index in [1.807, 2.05) is 11.8 Å². The van der Waals surface area contributed by atoms with Crippen LogP contribution >= 0.6 is 23.1 Å². The Balaban J connectivity index is 1.83. The Morgan fingerprint density at radius 2 is 2.29 bits per heavy atom. The first-order valence-electron chi connectivity index (χ1n) is 7.76. The van der Waals surface area contributed by atoms with Crippen molar-refractivity contribution in [2.24, 2.45) is 5.92 Å². The van der Waals surface area contributed by atoms with Gasteiger partial charge in [-0.25, -0.2) is 0 Å². The maximum Gasteiger partial charge on any atom is 0.244 e. The van der Waals surface area contributed by atoms with Gasteiger partial charge in [0.2, 0.25) is 5.91 Å². The minimum Gasteiger partial charge on any atom is -0.321 e. The number of carbonyl (C=O) groups is 1. The van der Waals surface area contributed by atoms with Gasteiger partial charge in [-0.05, 0) is 53.2 Å². The summed E-state index contributed by atoms with van der Waals surface area (Å²) in [5.41, 5.74) is 0.972. The summed E-state index contributed by atoms with van der Waals surface area (Å²) in [7, 11) is 0. The van der Waals surface area contributed by atoms with E-state index in [-0.39, 0.29) is 11.7 Å². The SMILES string of the molecule is CSCC(C)CN1C(=O)C2(CCCC2)NC1c1ccsc1. The molecular weight excluding hydrogens is 300 g/mol. The normalized spacial score (nSPS) is 25.9. The average molecular weight is 325 g/mol. The van der Waals surface area contributed by atoms with Crippen LogP contribution in [0.5, 0.6) is 0 Å². The summed E-state index contributed by atoms with van der Waals surface area (Å²) in [6.07, 6.45) is 6.55. The summed E-state index contributed by atoms with van der Waals surface area (Å²) in [4.78, 5) is 15.1. The molecule has 1 aliphatic carbocycles. The highest BCUT2D eigenvalue weighted by Crippen LogP contribution is 2.41. The van der Waals surface area contributed by atoms with E-state index in [2.05, 4.69) is 40.2 Å². The molecule has 1 amide bonds. The largest absolute Gasteiger partial charge is 0.321 e. The van der Waals surface area contributed by atoms with Gasteiger partial charge in [0.15, 0.2) is 0 Å². The van der Waals surface area contributed by atoms with Gasteiger partial charge in [0.05, 0.1) is 5.54 Å². The van der Waals surface area contributed by atoms with Crippen LogP contribution < -0.4 is 5.32 Å². The standard InChI is InChI=1S/C16H24N2OS2/c1-12(10-20-2)9-18-14(13-5-8-21-11-13)17-16(15(18)19)6-3-4-7-16/h5,8,11-12,14,17H,3-4,6-7,9-10H2,1-2H3.